The van der Waals surface area contributed by atoms with Crippen LogP contribution in [0.4, 0.5) is 0 Å². The van der Waals surface area contributed by atoms with E-state index in [1.807, 2.05) is 6.92 Å². The molecule has 136 valence electrons. The van der Waals surface area contributed by atoms with Crippen LogP contribution in [0, 0.1) is 12.8 Å². The average molecular weight is 377 g/mol. The van der Waals surface area contributed by atoms with Crippen molar-refractivity contribution >= 4 is 23.4 Å². The van der Waals surface area contributed by atoms with Gasteiger partial charge < -0.3 is 9.05 Å². The SMILES string of the molecule is COP(=O)(CC(=O)[C@@H](NS(=O)(=O)c1ccc(C)cc1)C(C)C)OC. The Morgan fingerprint density at radius 3 is 2.08 bits per heavy atom. The zero-order chi connectivity index (χ0) is 18.5. The highest BCUT2D eigenvalue weighted by molar-refractivity contribution is 7.89. The minimum Gasteiger partial charge on any atom is -0.312 e. The number of aryl methyl sites for hydroxylation is 1. The van der Waals surface area contributed by atoms with Gasteiger partial charge in [0.05, 0.1) is 10.9 Å². The van der Waals surface area contributed by atoms with E-state index in [0.29, 0.717) is 0 Å². The lowest BCUT2D eigenvalue weighted by atomic mass is 10.0. The third-order valence-electron chi connectivity index (χ3n) is 3.53. The standard InChI is InChI=1S/C15H24NO6PS/c1-11(2)15(14(17)10-23(18,21-4)22-5)16-24(19,20)13-8-6-12(3)7-9-13/h6-9,11,15-16H,10H2,1-5H3/t15-/m0/s1. The van der Waals surface area contributed by atoms with Crippen LogP contribution in [0.1, 0.15) is 19.4 Å². The highest BCUT2D eigenvalue weighted by Gasteiger charge is 2.34. The third-order valence-corrected chi connectivity index (χ3v) is 6.80. The fraction of sp³-hybridized carbons (Fsp3) is 0.533. The predicted molar refractivity (Wildman–Crippen MR) is 91.6 cm³/mol. The lowest BCUT2D eigenvalue weighted by Crippen LogP contribution is -2.45. The molecule has 1 N–H and O–H groups in total. The summed E-state index contributed by atoms with van der Waals surface area (Å²) in [6.07, 6.45) is -0.501. The molecule has 1 rings (SSSR count). The van der Waals surface area contributed by atoms with Gasteiger partial charge in [-0.2, -0.15) is 0 Å². The fourth-order valence-corrected chi connectivity index (χ4v) is 4.37. The van der Waals surface area contributed by atoms with Gasteiger partial charge >= 0.3 is 7.60 Å². The maximum absolute atomic E-state index is 12.5. The van der Waals surface area contributed by atoms with Crippen molar-refractivity contribution in [1.29, 1.82) is 0 Å². The second kappa shape index (κ2) is 8.36. The highest BCUT2D eigenvalue weighted by atomic mass is 32.2. The molecule has 1 atom stereocenters. The first-order valence-corrected chi connectivity index (χ1v) is 10.6. The molecule has 7 nitrogen and oxygen atoms in total. The summed E-state index contributed by atoms with van der Waals surface area (Å²) in [6, 6.07) is 5.24. The Hall–Kier alpha value is -1.05. The molecule has 0 aliphatic heterocycles. The summed E-state index contributed by atoms with van der Waals surface area (Å²) < 4.78 is 49.0. The van der Waals surface area contributed by atoms with Gasteiger partial charge in [-0.15, -0.1) is 0 Å². The van der Waals surface area contributed by atoms with Crippen LogP contribution in [-0.2, 0) is 28.4 Å². The maximum atomic E-state index is 12.5. The van der Waals surface area contributed by atoms with E-state index in [2.05, 4.69) is 4.72 Å². The van der Waals surface area contributed by atoms with Crippen molar-refractivity contribution in [3.05, 3.63) is 29.8 Å². The van der Waals surface area contributed by atoms with E-state index in [1.54, 1.807) is 26.0 Å². The topological polar surface area (TPSA) is 98.8 Å². The molecule has 0 bridgehead atoms. The van der Waals surface area contributed by atoms with E-state index in [4.69, 9.17) is 9.05 Å². The molecule has 0 heterocycles. The molecule has 0 saturated carbocycles. The Morgan fingerprint density at radius 2 is 1.67 bits per heavy atom. The van der Waals surface area contributed by atoms with Gasteiger partial charge in [-0.05, 0) is 25.0 Å². The lowest BCUT2D eigenvalue weighted by molar-refractivity contribution is -0.119. The molecular weight excluding hydrogens is 353 g/mol. The van der Waals surface area contributed by atoms with Crippen LogP contribution < -0.4 is 4.72 Å². The first-order valence-electron chi connectivity index (χ1n) is 7.37. The number of carbonyl (C=O) groups excluding carboxylic acids is 1. The van der Waals surface area contributed by atoms with Gasteiger partial charge in [0.2, 0.25) is 10.0 Å². The van der Waals surface area contributed by atoms with E-state index in [-0.39, 0.29) is 10.8 Å². The van der Waals surface area contributed by atoms with Crippen molar-refractivity contribution in [3.63, 3.8) is 0 Å². The Labute approximate surface area is 143 Å². The van der Waals surface area contributed by atoms with Gasteiger partial charge in [0, 0.05) is 14.2 Å². The number of hydrogen-bond acceptors (Lipinski definition) is 6. The zero-order valence-electron chi connectivity index (χ0n) is 14.5. The van der Waals surface area contributed by atoms with Crippen molar-refractivity contribution in [1.82, 2.24) is 4.72 Å². The Bertz CT molecular complexity index is 706. The van der Waals surface area contributed by atoms with Gasteiger partial charge in [0.15, 0.2) is 5.78 Å². The van der Waals surface area contributed by atoms with Gasteiger partial charge in [-0.1, -0.05) is 31.5 Å². The number of carbonyl (C=O) groups is 1. The van der Waals surface area contributed by atoms with E-state index in [1.165, 1.54) is 26.4 Å². The summed E-state index contributed by atoms with van der Waals surface area (Å²) >= 11 is 0. The van der Waals surface area contributed by atoms with Crippen LogP contribution in [-0.4, -0.2) is 40.6 Å². The second-order valence-electron chi connectivity index (χ2n) is 5.76. The van der Waals surface area contributed by atoms with Gasteiger partial charge in [-0.3, -0.25) is 9.36 Å². The smallest absolute Gasteiger partial charge is 0.312 e. The van der Waals surface area contributed by atoms with Gasteiger partial charge in [0.1, 0.15) is 6.16 Å². The molecule has 0 fully saturated rings. The largest absolute Gasteiger partial charge is 0.337 e. The lowest BCUT2D eigenvalue weighted by Gasteiger charge is -2.23. The summed E-state index contributed by atoms with van der Waals surface area (Å²) in [4.78, 5) is 12.5. The summed E-state index contributed by atoms with van der Waals surface area (Å²) in [5.41, 5.74) is 0.923. The zero-order valence-corrected chi connectivity index (χ0v) is 16.2. The van der Waals surface area contributed by atoms with Crippen LogP contribution in [0.5, 0.6) is 0 Å². The number of hydrogen-bond donors (Lipinski definition) is 1. The van der Waals surface area contributed by atoms with Crippen molar-refractivity contribution < 1.29 is 26.8 Å². The number of rotatable bonds is 9. The minimum atomic E-state index is -3.88. The third kappa shape index (κ3) is 5.50. The molecule has 0 radical (unpaired) electrons. The number of Topliss-reactive ketones (excluding diaryl/α,β-unsaturated/α-hetero) is 1. The van der Waals surface area contributed by atoms with Crippen LogP contribution in [0.3, 0.4) is 0 Å². The van der Waals surface area contributed by atoms with E-state index < -0.39 is 35.6 Å². The van der Waals surface area contributed by atoms with E-state index in [0.717, 1.165) is 5.56 Å². The van der Waals surface area contributed by atoms with Crippen LogP contribution in [0.2, 0.25) is 0 Å². The van der Waals surface area contributed by atoms with Crippen LogP contribution in [0.15, 0.2) is 29.2 Å². The molecule has 24 heavy (non-hydrogen) atoms. The number of benzene rings is 1. The molecule has 0 aromatic heterocycles. The van der Waals surface area contributed by atoms with Crippen molar-refractivity contribution in [2.75, 3.05) is 20.4 Å². The van der Waals surface area contributed by atoms with E-state index in [9.17, 15) is 17.8 Å². The molecular formula is C15H24NO6PS. The number of sulfonamides is 1. The molecule has 0 spiro atoms. The first kappa shape index (κ1) is 21.0. The van der Waals surface area contributed by atoms with E-state index >= 15 is 0 Å². The molecule has 0 amide bonds. The monoisotopic (exact) mass is 377 g/mol. The molecule has 0 aliphatic carbocycles. The van der Waals surface area contributed by atoms with Crippen molar-refractivity contribution in [2.24, 2.45) is 5.92 Å². The molecule has 0 aliphatic rings. The first-order chi connectivity index (χ1) is 11.0. The summed E-state index contributed by atoms with van der Waals surface area (Å²) in [5.74, 6) is -0.882. The van der Waals surface area contributed by atoms with Crippen LogP contribution in [0.25, 0.3) is 0 Å². The Morgan fingerprint density at radius 1 is 1.17 bits per heavy atom. The maximum Gasteiger partial charge on any atom is 0.337 e. The Kier molecular flexibility index (Phi) is 7.31. The van der Waals surface area contributed by atoms with Gasteiger partial charge in [-0.25, -0.2) is 13.1 Å². The van der Waals surface area contributed by atoms with Crippen molar-refractivity contribution in [2.45, 2.75) is 31.7 Å². The molecule has 9 heteroatoms. The van der Waals surface area contributed by atoms with Gasteiger partial charge in [0.25, 0.3) is 0 Å². The molecule has 1 aromatic carbocycles. The molecule has 1 aromatic rings. The Balaban J connectivity index is 3.03. The van der Waals surface area contributed by atoms with Crippen LogP contribution >= 0.6 is 7.60 Å². The minimum absolute atomic E-state index is 0.0632. The second-order valence-corrected chi connectivity index (χ2v) is 9.74. The molecule has 0 unspecified atom stereocenters. The summed E-state index contributed by atoms with van der Waals surface area (Å²) in [5, 5.41) is 0. The fourth-order valence-electron chi connectivity index (χ4n) is 2.02. The summed E-state index contributed by atoms with van der Waals surface area (Å²) in [6.45, 7) is 5.24. The predicted octanol–water partition coefficient (Wildman–Crippen LogP) is 2.35. The normalized spacial score (nSPS) is 13.9. The average Bonchev–Trinajstić information content (AvgIpc) is 2.52. The number of ketones is 1. The summed E-state index contributed by atoms with van der Waals surface area (Å²) in [7, 11) is -5.08. The number of nitrogens with one attached hydrogen (secondary N) is 1. The van der Waals surface area contributed by atoms with Crippen molar-refractivity contribution in [3.8, 4) is 0 Å². The highest BCUT2D eigenvalue weighted by Crippen LogP contribution is 2.46. The quantitative estimate of drug-likeness (QED) is 0.663. The molecule has 0 saturated heterocycles.